The van der Waals surface area contributed by atoms with Crippen molar-refractivity contribution in [2.75, 3.05) is 31.6 Å². The van der Waals surface area contributed by atoms with Crippen molar-refractivity contribution in [3.63, 3.8) is 0 Å². The second-order valence-corrected chi connectivity index (χ2v) is 6.46. The molecule has 4 heterocycles. The molecule has 3 aromatic heterocycles. The molecule has 4 rings (SSSR count). The Hall–Kier alpha value is -2.45. The monoisotopic (exact) mass is 356 g/mol. The van der Waals surface area contributed by atoms with Crippen molar-refractivity contribution in [3.05, 3.63) is 41.7 Å². The first-order valence-electron chi connectivity index (χ1n) is 9.13. The van der Waals surface area contributed by atoms with Crippen LogP contribution in [0.5, 0.6) is 0 Å². The molecule has 0 spiro atoms. The zero-order chi connectivity index (χ0) is 17.8. The zero-order valence-corrected chi connectivity index (χ0v) is 15.0. The van der Waals surface area contributed by atoms with E-state index < -0.39 is 0 Å². The van der Waals surface area contributed by atoms with Crippen molar-refractivity contribution < 1.29 is 9.15 Å². The van der Waals surface area contributed by atoms with Gasteiger partial charge in [0.2, 0.25) is 0 Å². The Labute approximate surface area is 152 Å². The Morgan fingerprint density at radius 1 is 1.19 bits per heavy atom. The van der Waals surface area contributed by atoms with Crippen LogP contribution >= 0.6 is 0 Å². The first-order chi connectivity index (χ1) is 12.8. The molecule has 0 amide bonds. The molecule has 0 atom stereocenters. The second-order valence-electron chi connectivity index (χ2n) is 6.46. The van der Waals surface area contributed by atoms with Gasteiger partial charge in [-0.05, 0) is 18.6 Å². The number of nitrogens with one attached hydrogen (secondary N) is 1. The fourth-order valence-electron chi connectivity index (χ4n) is 3.13. The molecule has 3 aromatic rings. The van der Waals surface area contributed by atoms with E-state index in [1.807, 2.05) is 18.2 Å². The molecule has 0 saturated carbocycles. The first kappa shape index (κ1) is 17.0. The fraction of sp³-hybridized carbons (Fsp3) is 0.500. The lowest BCUT2D eigenvalue weighted by Gasteiger charge is -2.25. The topological polar surface area (TPSA) is 80.7 Å². The number of furan rings is 1. The standard InChI is InChI=1S/C18H24N6O2/c1-2-3-14-10-17(24-18(22-14)20-13-21-24)19-11-15-4-5-16(26-15)12-23-6-8-25-9-7-23/h4-5,10,13,19H,2-3,6-9,11-12H2,1H3. The third kappa shape index (κ3) is 3.86. The Bertz CT molecular complexity index is 852. The van der Waals surface area contributed by atoms with E-state index in [0.717, 1.165) is 68.7 Å². The van der Waals surface area contributed by atoms with Crippen molar-refractivity contribution >= 4 is 11.6 Å². The van der Waals surface area contributed by atoms with Crippen molar-refractivity contribution in [1.29, 1.82) is 0 Å². The average Bonchev–Trinajstić information content (AvgIpc) is 3.30. The summed E-state index contributed by atoms with van der Waals surface area (Å²) >= 11 is 0. The third-order valence-corrected chi connectivity index (χ3v) is 4.46. The van der Waals surface area contributed by atoms with Gasteiger partial charge in [0, 0.05) is 24.8 Å². The maximum Gasteiger partial charge on any atom is 0.254 e. The number of hydrogen-bond acceptors (Lipinski definition) is 7. The van der Waals surface area contributed by atoms with Crippen LogP contribution in [0.15, 0.2) is 28.9 Å². The van der Waals surface area contributed by atoms with Gasteiger partial charge in [-0.1, -0.05) is 13.3 Å². The molecule has 1 N–H and O–H groups in total. The summed E-state index contributed by atoms with van der Waals surface area (Å²) in [5, 5.41) is 7.65. The summed E-state index contributed by atoms with van der Waals surface area (Å²) in [6, 6.07) is 6.10. The normalized spacial score (nSPS) is 15.6. The summed E-state index contributed by atoms with van der Waals surface area (Å²) in [5.41, 5.74) is 1.02. The van der Waals surface area contributed by atoms with E-state index in [1.165, 1.54) is 6.33 Å². The van der Waals surface area contributed by atoms with Crippen molar-refractivity contribution in [3.8, 4) is 0 Å². The lowest BCUT2D eigenvalue weighted by Crippen LogP contribution is -2.35. The molecule has 0 bridgehead atoms. The van der Waals surface area contributed by atoms with Gasteiger partial charge in [0.15, 0.2) is 0 Å². The number of hydrogen-bond donors (Lipinski definition) is 1. The Morgan fingerprint density at radius 2 is 2.04 bits per heavy atom. The van der Waals surface area contributed by atoms with Crippen molar-refractivity contribution in [2.45, 2.75) is 32.9 Å². The lowest BCUT2D eigenvalue weighted by atomic mass is 10.2. The van der Waals surface area contributed by atoms with Gasteiger partial charge in [0.05, 0.1) is 26.3 Å². The van der Waals surface area contributed by atoms with Crippen LogP contribution in [0.1, 0.15) is 30.6 Å². The van der Waals surface area contributed by atoms with E-state index in [1.54, 1.807) is 4.52 Å². The highest BCUT2D eigenvalue weighted by atomic mass is 16.5. The van der Waals surface area contributed by atoms with Gasteiger partial charge in [-0.15, -0.1) is 0 Å². The third-order valence-electron chi connectivity index (χ3n) is 4.46. The van der Waals surface area contributed by atoms with Crippen molar-refractivity contribution in [2.24, 2.45) is 0 Å². The number of fused-ring (bicyclic) bond motifs is 1. The molecule has 1 saturated heterocycles. The predicted molar refractivity (Wildman–Crippen MR) is 96.9 cm³/mol. The summed E-state index contributed by atoms with van der Waals surface area (Å²) in [4.78, 5) is 11.1. The van der Waals surface area contributed by atoms with E-state index in [9.17, 15) is 0 Å². The highest BCUT2D eigenvalue weighted by Crippen LogP contribution is 2.16. The zero-order valence-electron chi connectivity index (χ0n) is 15.0. The van der Waals surface area contributed by atoms with E-state index in [0.29, 0.717) is 12.3 Å². The molecule has 1 aliphatic heterocycles. The smallest absolute Gasteiger partial charge is 0.254 e. The number of aromatic nitrogens is 4. The number of morpholine rings is 1. The van der Waals surface area contributed by atoms with E-state index >= 15 is 0 Å². The average molecular weight is 356 g/mol. The van der Waals surface area contributed by atoms with Crippen LogP contribution in [0.3, 0.4) is 0 Å². The number of nitrogens with zero attached hydrogens (tertiary/aromatic N) is 5. The summed E-state index contributed by atoms with van der Waals surface area (Å²) in [6.07, 6.45) is 3.49. The summed E-state index contributed by atoms with van der Waals surface area (Å²) in [6.45, 7) is 7.06. The van der Waals surface area contributed by atoms with Crippen LogP contribution in [0.25, 0.3) is 5.78 Å². The van der Waals surface area contributed by atoms with E-state index in [2.05, 4.69) is 32.2 Å². The molecular weight excluding hydrogens is 332 g/mol. The highest BCUT2D eigenvalue weighted by Gasteiger charge is 2.13. The molecule has 138 valence electrons. The molecular formula is C18H24N6O2. The van der Waals surface area contributed by atoms with Crippen LogP contribution in [-0.4, -0.2) is 50.8 Å². The summed E-state index contributed by atoms with van der Waals surface area (Å²) in [7, 11) is 0. The van der Waals surface area contributed by atoms with Crippen LogP contribution in [-0.2, 0) is 24.2 Å². The summed E-state index contributed by atoms with van der Waals surface area (Å²) in [5.74, 6) is 3.37. The molecule has 0 aromatic carbocycles. The minimum Gasteiger partial charge on any atom is -0.463 e. The Kier molecular flexibility index (Phi) is 5.12. The van der Waals surface area contributed by atoms with E-state index in [-0.39, 0.29) is 0 Å². The highest BCUT2D eigenvalue weighted by molar-refractivity contribution is 5.45. The number of aryl methyl sites for hydroxylation is 1. The van der Waals surface area contributed by atoms with Gasteiger partial charge in [0.25, 0.3) is 5.78 Å². The number of ether oxygens (including phenoxy) is 1. The fourth-order valence-corrected chi connectivity index (χ4v) is 3.13. The second kappa shape index (κ2) is 7.84. The van der Waals surface area contributed by atoms with Crippen LogP contribution in [0, 0.1) is 0 Å². The molecule has 8 heteroatoms. The SMILES string of the molecule is CCCc1cc(NCc2ccc(CN3CCOCC3)o2)n2ncnc2n1. The molecule has 0 aliphatic carbocycles. The molecule has 0 radical (unpaired) electrons. The van der Waals surface area contributed by atoms with Crippen LogP contribution in [0.2, 0.25) is 0 Å². The predicted octanol–water partition coefficient (Wildman–Crippen LogP) is 2.11. The number of anilines is 1. The molecule has 1 fully saturated rings. The quantitative estimate of drug-likeness (QED) is 0.694. The maximum atomic E-state index is 5.97. The Morgan fingerprint density at radius 3 is 2.88 bits per heavy atom. The molecule has 0 unspecified atom stereocenters. The van der Waals surface area contributed by atoms with Gasteiger partial charge in [-0.3, -0.25) is 4.90 Å². The summed E-state index contributed by atoms with van der Waals surface area (Å²) < 4.78 is 13.1. The number of rotatable bonds is 7. The molecule has 1 aliphatic rings. The first-order valence-corrected chi connectivity index (χ1v) is 9.13. The minimum atomic E-state index is 0.591. The molecule has 26 heavy (non-hydrogen) atoms. The van der Waals surface area contributed by atoms with E-state index in [4.69, 9.17) is 9.15 Å². The largest absolute Gasteiger partial charge is 0.463 e. The van der Waals surface area contributed by atoms with Crippen molar-refractivity contribution in [1.82, 2.24) is 24.5 Å². The van der Waals surface area contributed by atoms with Crippen LogP contribution in [0.4, 0.5) is 5.82 Å². The molecule has 8 nitrogen and oxygen atoms in total. The van der Waals surface area contributed by atoms with Gasteiger partial charge < -0.3 is 14.5 Å². The van der Waals surface area contributed by atoms with Gasteiger partial charge in [0.1, 0.15) is 23.7 Å². The van der Waals surface area contributed by atoms with Gasteiger partial charge >= 0.3 is 0 Å². The maximum absolute atomic E-state index is 5.97. The Balaban J connectivity index is 1.42. The van der Waals surface area contributed by atoms with Gasteiger partial charge in [-0.25, -0.2) is 4.98 Å². The van der Waals surface area contributed by atoms with Crippen LogP contribution < -0.4 is 5.32 Å². The lowest BCUT2D eigenvalue weighted by molar-refractivity contribution is 0.0312. The van der Waals surface area contributed by atoms with Gasteiger partial charge in [-0.2, -0.15) is 14.6 Å². The minimum absolute atomic E-state index is 0.591.